The number of allylic oxidation sites excluding steroid dienone is 1. The van der Waals surface area contributed by atoms with Crippen LogP contribution in [0.4, 0.5) is 0 Å². The zero-order valence-electron chi connectivity index (χ0n) is 15.2. The fourth-order valence-electron chi connectivity index (χ4n) is 3.02. The molecule has 0 fully saturated rings. The SMILES string of the molecule is O=C(NCCC1=CCCCC1)/C(=C/c1ccco1)NC(=O)c1ccccc1. The maximum absolute atomic E-state index is 12.6. The fraction of sp³-hybridized carbons (Fsp3) is 0.273. The monoisotopic (exact) mass is 364 g/mol. The highest BCUT2D eigenvalue weighted by Crippen LogP contribution is 2.19. The molecule has 1 heterocycles. The van der Waals surface area contributed by atoms with Crippen molar-refractivity contribution in [3.05, 3.63) is 77.4 Å². The van der Waals surface area contributed by atoms with Crippen LogP contribution >= 0.6 is 0 Å². The van der Waals surface area contributed by atoms with Gasteiger partial charge in [0.05, 0.1) is 6.26 Å². The molecular weight excluding hydrogens is 340 g/mol. The summed E-state index contributed by atoms with van der Waals surface area (Å²) in [7, 11) is 0. The number of hydrogen-bond donors (Lipinski definition) is 2. The molecule has 1 aliphatic carbocycles. The van der Waals surface area contributed by atoms with E-state index in [-0.39, 0.29) is 17.5 Å². The standard InChI is InChI=1S/C22H24N2O3/c25-21(18-10-5-2-6-11-18)24-20(16-19-12-7-15-27-19)22(26)23-14-13-17-8-3-1-4-9-17/h2,5-8,10-12,15-16H,1,3-4,9,13-14H2,(H,23,26)(H,24,25)/b20-16-. The summed E-state index contributed by atoms with van der Waals surface area (Å²) < 4.78 is 5.28. The first-order valence-corrected chi connectivity index (χ1v) is 9.30. The van der Waals surface area contributed by atoms with Crippen LogP contribution in [0.1, 0.15) is 48.2 Å². The van der Waals surface area contributed by atoms with E-state index in [0.29, 0.717) is 17.9 Å². The third-order valence-electron chi connectivity index (χ3n) is 4.48. The second kappa shape index (κ2) is 9.57. The third kappa shape index (κ3) is 5.71. The minimum atomic E-state index is -0.335. The van der Waals surface area contributed by atoms with E-state index in [1.54, 1.807) is 36.4 Å². The lowest BCUT2D eigenvalue weighted by Gasteiger charge is -2.14. The van der Waals surface area contributed by atoms with Crippen molar-refractivity contribution in [1.29, 1.82) is 0 Å². The summed E-state index contributed by atoms with van der Waals surface area (Å²) >= 11 is 0. The van der Waals surface area contributed by atoms with Crippen molar-refractivity contribution in [2.45, 2.75) is 32.1 Å². The van der Waals surface area contributed by atoms with Crippen molar-refractivity contribution < 1.29 is 14.0 Å². The van der Waals surface area contributed by atoms with Crippen LogP contribution in [0.2, 0.25) is 0 Å². The van der Waals surface area contributed by atoms with Crippen LogP contribution in [0.25, 0.3) is 6.08 Å². The summed E-state index contributed by atoms with van der Waals surface area (Å²) in [6, 6.07) is 12.3. The van der Waals surface area contributed by atoms with Gasteiger partial charge in [0.2, 0.25) is 0 Å². The molecule has 1 aromatic carbocycles. The van der Waals surface area contributed by atoms with Crippen molar-refractivity contribution in [1.82, 2.24) is 10.6 Å². The molecule has 3 rings (SSSR count). The third-order valence-corrected chi connectivity index (χ3v) is 4.48. The molecule has 0 saturated carbocycles. The Hall–Kier alpha value is -3.08. The first-order chi connectivity index (χ1) is 13.2. The van der Waals surface area contributed by atoms with E-state index in [9.17, 15) is 9.59 Å². The predicted octanol–water partition coefficient (Wildman–Crippen LogP) is 4.06. The van der Waals surface area contributed by atoms with Gasteiger partial charge in [-0.15, -0.1) is 0 Å². The average molecular weight is 364 g/mol. The lowest BCUT2D eigenvalue weighted by Crippen LogP contribution is -2.35. The number of hydrogen-bond acceptors (Lipinski definition) is 3. The molecule has 0 aliphatic heterocycles. The van der Waals surface area contributed by atoms with Gasteiger partial charge in [-0.1, -0.05) is 29.8 Å². The Morgan fingerprint density at radius 1 is 1.07 bits per heavy atom. The van der Waals surface area contributed by atoms with Gasteiger partial charge in [-0.05, 0) is 56.4 Å². The van der Waals surface area contributed by atoms with Gasteiger partial charge in [-0.2, -0.15) is 0 Å². The van der Waals surface area contributed by atoms with Crippen LogP contribution in [-0.4, -0.2) is 18.4 Å². The van der Waals surface area contributed by atoms with E-state index >= 15 is 0 Å². The molecule has 0 bridgehead atoms. The lowest BCUT2D eigenvalue weighted by atomic mass is 9.97. The van der Waals surface area contributed by atoms with Crippen LogP contribution in [0, 0.1) is 0 Å². The highest BCUT2D eigenvalue weighted by Gasteiger charge is 2.15. The number of rotatable bonds is 7. The zero-order valence-corrected chi connectivity index (χ0v) is 15.2. The maximum Gasteiger partial charge on any atom is 0.267 e. The second-order valence-corrected chi connectivity index (χ2v) is 6.51. The number of amides is 2. The zero-order chi connectivity index (χ0) is 18.9. The van der Waals surface area contributed by atoms with Gasteiger partial charge in [-0.3, -0.25) is 9.59 Å². The predicted molar refractivity (Wildman–Crippen MR) is 105 cm³/mol. The fourth-order valence-corrected chi connectivity index (χ4v) is 3.02. The van der Waals surface area contributed by atoms with Crippen LogP contribution in [0.3, 0.4) is 0 Å². The number of carbonyl (C=O) groups is 2. The van der Waals surface area contributed by atoms with Crippen molar-refractivity contribution in [3.8, 4) is 0 Å². The molecule has 1 aliphatic rings. The Morgan fingerprint density at radius 2 is 1.93 bits per heavy atom. The van der Waals surface area contributed by atoms with E-state index < -0.39 is 0 Å². The summed E-state index contributed by atoms with van der Waals surface area (Å²) in [5, 5.41) is 5.59. The molecule has 5 heteroatoms. The van der Waals surface area contributed by atoms with Crippen molar-refractivity contribution in [2.24, 2.45) is 0 Å². The molecule has 140 valence electrons. The van der Waals surface area contributed by atoms with Gasteiger partial charge in [0.15, 0.2) is 0 Å². The summed E-state index contributed by atoms with van der Waals surface area (Å²) in [5.74, 6) is -0.158. The first kappa shape index (κ1) is 18.7. The van der Waals surface area contributed by atoms with Gasteiger partial charge in [-0.25, -0.2) is 0 Å². The molecule has 5 nitrogen and oxygen atoms in total. The van der Waals surface area contributed by atoms with E-state index in [1.165, 1.54) is 30.8 Å². The number of furan rings is 1. The van der Waals surface area contributed by atoms with E-state index in [1.807, 2.05) is 6.07 Å². The molecule has 0 saturated heterocycles. The van der Waals surface area contributed by atoms with Gasteiger partial charge in [0.25, 0.3) is 11.8 Å². The summed E-state index contributed by atoms with van der Waals surface area (Å²) in [6.45, 7) is 0.543. The highest BCUT2D eigenvalue weighted by molar-refractivity contribution is 6.05. The number of carbonyl (C=O) groups excluding carboxylic acids is 2. The highest BCUT2D eigenvalue weighted by atomic mass is 16.3. The Balaban J connectivity index is 1.65. The van der Waals surface area contributed by atoms with Gasteiger partial charge >= 0.3 is 0 Å². The molecule has 2 aromatic rings. The largest absolute Gasteiger partial charge is 0.465 e. The summed E-state index contributed by atoms with van der Waals surface area (Å²) in [5.41, 5.74) is 2.05. The van der Waals surface area contributed by atoms with E-state index in [0.717, 1.165) is 19.3 Å². The van der Waals surface area contributed by atoms with Gasteiger partial charge in [0.1, 0.15) is 11.5 Å². The maximum atomic E-state index is 12.6. The number of benzene rings is 1. The van der Waals surface area contributed by atoms with Crippen LogP contribution in [-0.2, 0) is 4.79 Å². The van der Waals surface area contributed by atoms with Crippen LogP contribution in [0.15, 0.2) is 70.5 Å². The molecule has 0 unspecified atom stereocenters. The summed E-state index contributed by atoms with van der Waals surface area (Å²) in [4.78, 5) is 25.1. The molecule has 1 aromatic heterocycles. The van der Waals surface area contributed by atoms with Crippen molar-refractivity contribution >= 4 is 17.9 Å². The quantitative estimate of drug-likeness (QED) is 0.575. The Bertz CT molecular complexity index is 821. The number of nitrogens with one attached hydrogen (secondary N) is 2. The molecule has 0 spiro atoms. The van der Waals surface area contributed by atoms with Crippen molar-refractivity contribution in [2.75, 3.05) is 6.54 Å². The molecular formula is C22H24N2O3. The normalized spacial score (nSPS) is 14.4. The topological polar surface area (TPSA) is 71.3 Å². The molecule has 0 radical (unpaired) electrons. The Labute approximate surface area is 159 Å². The smallest absolute Gasteiger partial charge is 0.267 e. The first-order valence-electron chi connectivity index (χ1n) is 9.30. The average Bonchev–Trinajstić information content (AvgIpc) is 3.22. The van der Waals surface area contributed by atoms with E-state index in [4.69, 9.17) is 4.42 Å². The van der Waals surface area contributed by atoms with Crippen LogP contribution in [0.5, 0.6) is 0 Å². The molecule has 27 heavy (non-hydrogen) atoms. The lowest BCUT2D eigenvalue weighted by molar-refractivity contribution is -0.117. The molecule has 2 amide bonds. The van der Waals surface area contributed by atoms with E-state index in [2.05, 4.69) is 16.7 Å². The summed E-state index contributed by atoms with van der Waals surface area (Å²) in [6.07, 6.45) is 10.9. The minimum Gasteiger partial charge on any atom is -0.465 e. The Kier molecular flexibility index (Phi) is 6.63. The molecule has 2 N–H and O–H groups in total. The van der Waals surface area contributed by atoms with Crippen LogP contribution < -0.4 is 10.6 Å². The second-order valence-electron chi connectivity index (χ2n) is 6.51. The minimum absolute atomic E-state index is 0.163. The van der Waals surface area contributed by atoms with Crippen molar-refractivity contribution in [3.63, 3.8) is 0 Å². The Morgan fingerprint density at radius 3 is 2.63 bits per heavy atom. The van der Waals surface area contributed by atoms with Gasteiger partial charge in [0, 0.05) is 18.2 Å². The van der Waals surface area contributed by atoms with Gasteiger partial charge < -0.3 is 15.1 Å². The molecule has 0 atom stereocenters.